The van der Waals surface area contributed by atoms with E-state index in [0.717, 1.165) is 12.5 Å². The Morgan fingerprint density at radius 1 is 1.47 bits per heavy atom. The van der Waals surface area contributed by atoms with E-state index in [-0.39, 0.29) is 0 Å². The highest BCUT2D eigenvalue weighted by Gasteiger charge is 2.38. The van der Waals surface area contributed by atoms with Crippen molar-refractivity contribution in [3.8, 4) is 0 Å². The molecular weight excluding hydrogens is 184 g/mol. The summed E-state index contributed by atoms with van der Waals surface area (Å²) in [6, 6.07) is 4.93. The zero-order valence-electron chi connectivity index (χ0n) is 9.83. The lowest BCUT2D eigenvalue weighted by atomic mass is 10.2. The Labute approximate surface area is 92.1 Å². The molecule has 1 fully saturated rings. The quantitative estimate of drug-likeness (QED) is 0.815. The van der Waals surface area contributed by atoms with Crippen LogP contribution in [0, 0.1) is 12.8 Å². The van der Waals surface area contributed by atoms with Gasteiger partial charge in [0.1, 0.15) is 0 Å². The predicted octanol–water partition coefficient (Wildman–Crippen LogP) is 2.49. The molecule has 0 bridgehead atoms. The Hall–Kier alpha value is -0.890. The van der Waals surface area contributed by atoms with Gasteiger partial charge in [-0.25, -0.2) is 0 Å². The molecule has 2 unspecified atom stereocenters. The maximum Gasteiger partial charge on any atom is 0.0438 e. The molecule has 1 aromatic rings. The Bertz CT molecular complexity index is 316. The van der Waals surface area contributed by atoms with Crippen LogP contribution in [0.1, 0.15) is 37.4 Å². The van der Waals surface area contributed by atoms with Crippen molar-refractivity contribution in [3.05, 3.63) is 29.6 Å². The van der Waals surface area contributed by atoms with Crippen LogP contribution in [0.4, 0.5) is 0 Å². The van der Waals surface area contributed by atoms with Crippen LogP contribution in [-0.4, -0.2) is 17.6 Å². The highest BCUT2D eigenvalue weighted by atomic mass is 14.9. The Kier molecular flexibility index (Phi) is 3.06. The third-order valence-electron chi connectivity index (χ3n) is 3.03. The largest absolute Gasteiger partial charge is 0.314 e. The first kappa shape index (κ1) is 10.6. The van der Waals surface area contributed by atoms with Crippen molar-refractivity contribution in [2.75, 3.05) is 6.54 Å². The van der Waals surface area contributed by atoms with Gasteiger partial charge < -0.3 is 5.32 Å². The molecular formula is C13H20N2. The van der Waals surface area contributed by atoms with E-state index in [1.54, 1.807) is 0 Å². The fourth-order valence-corrected chi connectivity index (χ4v) is 1.92. The first-order chi connectivity index (χ1) is 7.16. The number of nitrogens with one attached hydrogen (secondary N) is 1. The second-order valence-corrected chi connectivity index (χ2v) is 4.93. The number of nitrogens with zero attached hydrogens (tertiary/aromatic N) is 1. The van der Waals surface area contributed by atoms with Crippen LogP contribution in [0.2, 0.25) is 0 Å². The van der Waals surface area contributed by atoms with Crippen LogP contribution >= 0.6 is 0 Å². The van der Waals surface area contributed by atoms with E-state index in [2.05, 4.69) is 43.2 Å². The second-order valence-electron chi connectivity index (χ2n) is 4.93. The van der Waals surface area contributed by atoms with Gasteiger partial charge in [0.05, 0.1) is 0 Å². The van der Waals surface area contributed by atoms with Crippen LogP contribution in [0.15, 0.2) is 18.3 Å². The van der Waals surface area contributed by atoms with Crippen molar-refractivity contribution in [3.63, 3.8) is 0 Å². The fourth-order valence-electron chi connectivity index (χ4n) is 1.92. The van der Waals surface area contributed by atoms with Crippen molar-refractivity contribution in [2.24, 2.45) is 5.92 Å². The zero-order valence-corrected chi connectivity index (χ0v) is 9.83. The third kappa shape index (κ3) is 2.78. The molecule has 82 valence electrons. The van der Waals surface area contributed by atoms with Gasteiger partial charge in [0, 0.05) is 23.9 Å². The lowest BCUT2D eigenvalue weighted by Gasteiger charge is -2.07. The van der Waals surface area contributed by atoms with E-state index in [4.69, 9.17) is 0 Å². The van der Waals surface area contributed by atoms with E-state index in [1.807, 2.05) is 6.20 Å². The lowest BCUT2D eigenvalue weighted by molar-refractivity contribution is 0.553. The molecule has 1 N–H and O–H groups in total. The predicted molar refractivity (Wildman–Crippen MR) is 63.0 cm³/mol. The Morgan fingerprint density at radius 3 is 2.87 bits per heavy atom. The molecule has 2 atom stereocenters. The summed E-state index contributed by atoms with van der Waals surface area (Å²) < 4.78 is 0. The minimum atomic E-state index is 0.595. The van der Waals surface area contributed by atoms with E-state index >= 15 is 0 Å². The molecule has 1 aliphatic rings. The summed E-state index contributed by atoms with van der Waals surface area (Å²) in [4.78, 5) is 4.49. The van der Waals surface area contributed by atoms with Crippen LogP contribution < -0.4 is 5.32 Å². The molecule has 2 nitrogen and oxygen atoms in total. The van der Waals surface area contributed by atoms with Gasteiger partial charge in [0.15, 0.2) is 0 Å². The number of hydrogen-bond acceptors (Lipinski definition) is 2. The highest BCUT2D eigenvalue weighted by Crippen LogP contribution is 2.46. The molecule has 0 amide bonds. The molecule has 0 aromatic carbocycles. The van der Waals surface area contributed by atoms with Crippen molar-refractivity contribution in [1.29, 1.82) is 0 Å². The number of hydrogen-bond donors (Lipinski definition) is 1. The summed E-state index contributed by atoms with van der Waals surface area (Å²) in [5, 5.41) is 3.49. The molecule has 1 aromatic heterocycles. The van der Waals surface area contributed by atoms with Crippen LogP contribution in [-0.2, 0) is 0 Å². The number of aryl methyl sites for hydroxylation is 1. The smallest absolute Gasteiger partial charge is 0.0438 e. The molecule has 0 saturated heterocycles. The monoisotopic (exact) mass is 204 g/mol. The second kappa shape index (κ2) is 4.31. The summed E-state index contributed by atoms with van der Waals surface area (Å²) >= 11 is 0. The molecule has 0 radical (unpaired) electrons. The van der Waals surface area contributed by atoms with Crippen LogP contribution in [0.25, 0.3) is 0 Å². The molecule has 1 heterocycles. The average Bonchev–Trinajstić information content (AvgIpc) is 2.95. The van der Waals surface area contributed by atoms with Gasteiger partial charge in [-0.2, -0.15) is 0 Å². The van der Waals surface area contributed by atoms with Crippen LogP contribution in [0.5, 0.6) is 0 Å². The van der Waals surface area contributed by atoms with Gasteiger partial charge in [-0.1, -0.05) is 19.9 Å². The highest BCUT2D eigenvalue weighted by molar-refractivity contribution is 5.21. The summed E-state index contributed by atoms with van der Waals surface area (Å²) in [7, 11) is 0. The number of pyridine rings is 1. The Morgan fingerprint density at radius 2 is 2.27 bits per heavy atom. The van der Waals surface area contributed by atoms with Gasteiger partial charge >= 0.3 is 0 Å². The third-order valence-corrected chi connectivity index (χ3v) is 3.03. The molecule has 1 aliphatic carbocycles. The summed E-state index contributed by atoms with van der Waals surface area (Å²) in [6.45, 7) is 7.61. The fraction of sp³-hybridized carbons (Fsp3) is 0.615. The molecule has 0 spiro atoms. The molecule has 2 rings (SSSR count). The van der Waals surface area contributed by atoms with Gasteiger partial charge in [-0.3, -0.25) is 4.98 Å². The lowest BCUT2D eigenvalue weighted by Crippen LogP contribution is -2.25. The molecule has 2 heteroatoms. The standard InChI is InChI=1S/C13H20N2/c1-9(2)14-8-11-6-12(11)13-5-4-10(3)7-15-13/h4-5,7,9,11-12,14H,6,8H2,1-3H3. The molecule has 0 aliphatic heterocycles. The minimum absolute atomic E-state index is 0.595. The number of aromatic nitrogens is 1. The summed E-state index contributed by atoms with van der Waals surface area (Å²) in [5.74, 6) is 1.51. The molecule has 15 heavy (non-hydrogen) atoms. The Balaban J connectivity index is 1.85. The van der Waals surface area contributed by atoms with Gasteiger partial charge in [0.25, 0.3) is 0 Å². The van der Waals surface area contributed by atoms with E-state index in [9.17, 15) is 0 Å². The first-order valence-electron chi connectivity index (χ1n) is 5.82. The summed E-state index contributed by atoms with van der Waals surface area (Å²) in [6.07, 6.45) is 3.27. The molecule has 1 saturated carbocycles. The van der Waals surface area contributed by atoms with Crippen molar-refractivity contribution >= 4 is 0 Å². The van der Waals surface area contributed by atoms with Crippen LogP contribution in [0.3, 0.4) is 0 Å². The van der Waals surface area contributed by atoms with E-state index in [0.29, 0.717) is 12.0 Å². The number of rotatable bonds is 4. The van der Waals surface area contributed by atoms with Gasteiger partial charge in [-0.15, -0.1) is 0 Å². The first-order valence-corrected chi connectivity index (χ1v) is 5.82. The minimum Gasteiger partial charge on any atom is -0.314 e. The normalized spacial score (nSPS) is 24.5. The maximum absolute atomic E-state index is 4.49. The van der Waals surface area contributed by atoms with E-state index in [1.165, 1.54) is 17.7 Å². The van der Waals surface area contributed by atoms with Crippen molar-refractivity contribution in [2.45, 2.75) is 39.2 Å². The summed E-state index contributed by atoms with van der Waals surface area (Å²) in [5.41, 5.74) is 2.52. The zero-order chi connectivity index (χ0) is 10.8. The van der Waals surface area contributed by atoms with Crippen molar-refractivity contribution < 1.29 is 0 Å². The van der Waals surface area contributed by atoms with Crippen molar-refractivity contribution in [1.82, 2.24) is 10.3 Å². The topological polar surface area (TPSA) is 24.9 Å². The maximum atomic E-state index is 4.49. The average molecular weight is 204 g/mol. The van der Waals surface area contributed by atoms with E-state index < -0.39 is 0 Å². The van der Waals surface area contributed by atoms with Gasteiger partial charge in [0.2, 0.25) is 0 Å². The van der Waals surface area contributed by atoms with Gasteiger partial charge in [-0.05, 0) is 37.4 Å². The SMILES string of the molecule is Cc1ccc(C2CC2CNC(C)C)nc1.